The molecule has 2 heterocycles. The normalized spacial score (nSPS) is 19.2. The number of benzene rings is 3. The Morgan fingerprint density at radius 2 is 1.70 bits per heavy atom. The number of fused-ring (bicyclic) bond motifs is 3. The largest absolute Gasteiger partial charge is 0.355 e. The molecule has 1 saturated heterocycles. The summed E-state index contributed by atoms with van der Waals surface area (Å²) < 4.78 is 13.7. The van der Waals surface area contributed by atoms with Gasteiger partial charge in [-0.05, 0) is 48.5 Å². The fourth-order valence-corrected chi connectivity index (χ4v) is 4.54. The van der Waals surface area contributed by atoms with Gasteiger partial charge in [0.05, 0.1) is 11.3 Å². The molecule has 8 heteroatoms. The molecule has 33 heavy (non-hydrogen) atoms. The zero-order valence-corrected chi connectivity index (χ0v) is 17.8. The number of rotatable bonds is 4. The Labute approximate surface area is 189 Å². The quantitative estimate of drug-likeness (QED) is 0.634. The Morgan fingerprint density at radius 1 is 0.939 bits per heavy atom. The molecule has 1 atom stereocenters. The first-order valence-corrected chi connectivity index (χ1v) is 10.5. The van der Waals surface area contributed by atoms with Crippen LogP contribution >= 0.6 is 0 Å². The van der Waals surface area contributed by atoms with Gasteiger partial charge >= 0.3 is 0 Å². The molecule has 3 aromatic rings. The van der Waals surface area contributed by atoms with E-state index in [1.165, 1.54) is 35.0 Å². The van der Waals surface area contributed by atoms with Crippen molar-refractivity contribution in [2.45, 2.75) is 18.5 Å². The van der Waals surface area contributed by atoms with Crippen LogP contribution in [-0.2, 0) is 9.59 Å². The number of carbonyl (C=O) groups is 3. The lowest BCUT2D eigenvalue weighted by molar-refractivity contribution is -0.128. The highest BCUT2D eigenvalue weighted by Gasteiger charge is 2.59. The molecule has 5 rings (SSSR count). The van der Waals surface area contributed by atoms with Crippen LogP contribution in [0.25, 0.3) is 0 Å². The molecule has 0 radical (unpaired) electrons. The molecule has 0 spiro atoms. The summed E-state index contributed by atoms with van der Waals surface area (Å²) in [7, 11) is 1.51. The van der Waals surface area contributed by atoms with Crippen molar-refractivity contribution in [3.05, 3.63) is 84.2 Å². The minimum Gasteiger partial charge on any atom is -0.355 e. The molecule has 1 unspecified atom stereocenters. The van der Waals surface area contributed by atoms with Gasteiger partial charge in [0.25, 0.3) is 11.8 Å². The number of para-hydroxylation sites is 1. The van der Waals surface area contributed by atoms with E-state index in [2.05, 4.69) is 10.6 Å². The van der Waals surface area contributed by atoms with Crippen LogP contribution in [0.4, 0.5) is 27.1 Å². The Balaban J connectivity index is 1.57. The van der Waals surface area contributed by atoms with Crippen LogP contribution in [0, 0.1) is 5.82 Å². The standard InChI is InChI=1S/C25H21FN4O3/c1-29-23(32)20-11-10-19(27-17-7-3-2-4-8-17)15-21(20)30-22(31)12-13-25(29,30)24(33)28-18-9-5-6-16(26)14-18/h2-11,14-15,27H,12-13H2,1H3,(H,28,33). The van der Waals surface area contributed by atoms with Crippen molar-refractivity contribution in [3.63, 3.8) is 0 Å². The smallest absolute Gasteiger partial charge is 0.271 e. The van der Waals surface area contributed by atoms with Gasteiger partial charge in [-0.3, -0.25) is 19.3 Å². The third kappa shape index (κ3) is 3.31. The molecular weight excluding hydrogens is 423 g/mol. The average molecular weight is 444 g/mol. The van der Waals surface area contributed by atoms with E-state index in [1.54, 1.807) is 24.3 Å². The average Bonchev–Trinajstić information content (AvgIpc) is 3.17. The lowest BCUT2D eigenvalue weighted by atomic mass is 9.96. The Hall–Kier alpha value is -4.20. The summed E-state index contributed by atoms with van der Waals surface area (Å²) in [6, 6.07) is 20.1. The number of anilines is 4. The highest BCUT2D eigenvalue weighted by Crippen LogP contribution is 2.45. The fraction of sp³-hybridized carbons (Fsp3) is 0.160. The third-order valence-corrected chi connectivity index (χ3v) is 6.14. The number of hydrogen-bond acceptors (Lipinski definition) is 4. The predicted molar refractivity (Wildman–Crippen MR) is 123 cm³/mol. The van der Waals surface area contributed by atoms with Crippen LogP contribution in [0.2, 0.25) is 0 Å². The number of amides is 3. The summed E-state index contributed by atoms with van der Waals surface area (Å²) in [5, 5.41) is 5.95. The minimum absolute atomic E-state index is 0.101. The molecule has 0 bridgehead atoms. The van der Waals surface area contributed by atoms with E-state index in [4.69, 9.17) is 0 Å². The summed E-state index contributed by atoms with van der Waals surface area (Å²) in [5.41, 5.74) is 0.936. The number of nitrogens with zero attached hydrogens (tertiary/aromatic N) is 2. The van der Waals surface area contributed by atoms with Gasteiger partial charge < -0.3 is 15.5 Å². The van der Waals surface area contributed by atoms with Gasteiger partial charge in [0.2, 0.25) is 11.6 Å². The molecule has 3 amide bonds. The lowest BCUT2D eigenvalue weighted by Crippen LogP contribution is -2.68. The Bertz CT molecular complexity index is 1280. The molecule has 1 fully saturated rings. The van der Waals surface area contributed by atoms with Crippen LogP contribution in [0.15, 0.2) is 72.8 Å². The number of halogens is 1. The molecule has 2 aliphatic rings. The number of carbonyl (C=O) groups excluding carboxylic acids is 3. The van der Waals surface area contributed by atoms with Crippen molar-refractivity contribution < 1.29 is 18.8 Å². The molecule has 7 nitrogen and oxygen atoms in total. The van der Waals surface area contributed by atoms with Crippen molar-refractivity contribution in [2.75, 3.05) is 22.6 Å². The zero-order valence-electron chi connectivity index (χ0n) is 17.8. The van der Waals surface area contributed by atoms with Gasteiger partial charge in [-0.2, -0.15) is 0 Å². The van der Waals surface area contributed by atoms with Crippen LogP contribution in [0.3, 0.4) is 0 Å². The lowest BCUT2D eigenvalue weighted by Gasteiger charge is -2.47. The number of hydrogen-bond donors (Lipinski definition) is 2. The second kappa shape index (κ2) is 7.74. The summed E-state index contributed by atoms with van der Waals surface area (Å²) in [5.74, 6) is -1.69. The number of nitrogens with one attached hydrogen (secondary N) is 2. The molecule has 3 aromatic carbocycles. The van der Waals surface area contributed by atoms with Crippen molar-refractivity contribution in [2.24, 2.45) is 0 Å². The first-order valence-electron chi connectivity index (χ1n) is 10.5. The topological polar surface area (TPSA) is 81.8 Å². The predicted octanol–water partition coefficient (Wildman–Crippen LogP) is 4.12. The maximum Gasteiger partial charge on any atom is 0.271 e. The summed E-state index contributed by atoms with van der Waals surface area (Å²) in [6.45, 7) is 0. The fourth-order valence-electron chi connectivity index (χ4n) is 4.54. The van der Waals surface area contributed by atoms with E-state index >= 15 is 0 Å². The second-order valence-electron chi connectivity index (χ2n) is 8.10. The summed E-state index contributed by atoms with van der Waals surface area (Å²) >= 11 is 0. The molecule has 2 aliphatic heterocycles. The van der Waals surface area contributed by atoms with Crippen molar-refractivity contribution in [3.8, 4) is 0 Å². The van der Waals surface area contributed by atoms with Crippen molar-refractivity contribution in [1.82, 2.24) is 4.90 Å². The molecule has 0 aromatic heterocycles. The molecule has 0 saturated carbocycles. The summed E-state index contributed by atoms with van der Waals surface area (Å²) in [4.78, 5) is 42.6. The Morgan fingerprint density at radius 3 is 2.45 bits per heavy atom. The molecule has 0 aliphatic carbocycles. The van der Waals surface area contributed by atoms with Gasteiger partial charge in [0, 0.05) is 37.0 Å². The first kappa shape index (κ1) is 20.7. The monoisotopic (exact) mass is 444 g/mol. The van der Waals surface area contributed by atoms with Crippen LogP contribution < -0.4 is 15.5 Å². The first-order chi connectivity index (χ1) is 15.9. The maximum absolute atomic E-state index is 13.7. The van der Waals surface area contributed by atoms with Gasteiger partial charge in [-0.1, -0.05) is 24.3 Å². The molecule has 2 N–H and O–H groups in total. The van der Waals surface area contributed by atoms with Crippen LogP contribution in [0.5, 0.6) is 0 Å². The second-order valence-corrected chi connectivity index (χ2v) is 8.10. The van der Waals surface area contributed by atoms with Gasteiger partial charge in [-0.25, -0.2) is 4.39 Å². The van der Waals surface area contributed by atoms with Gasteiger partial charge in [0.1, 0.15) is 5.82 Å². The van der Waals surface area contributed by atoms with Crippen LogP contribution in [-0.4, -0.2) is 35.3 Å². The van der Waals surface area contributed by atoms with E-state index in [-0.39, 0.29) is 30.3 Å². The SMILES string of the molecule is CN1C(=O)c2ccc(Nc3ccccc3)cc2N2C(=O)CCC12C(=O)Nc1cccc(F)c1. The Kier molecular flexibility index (Phi) is 4.85. The van der Waals surface area contributed by atoms with Crippen molar-refractivity contribution in [1.29, 1.82) is 0 Å². The van der Waals surface area contributed by atoms with E-state index < -0.39 is 17.4 Å². The third-order valence-electron chi connectivity index (χ3n) is 6.14. The molecule has 166 valence electrons. The maximum atomic E-state index is 13.7. The van der Waals surface area contributed by atoms with Gasteiger partial charge in [0.15, 0.2) is 0 Å². The minimum atomic E-state index is -1.54. The van der Waals surface area contributed by atoms with Crippen molar-refractivity contribution >= 4 is 40.5 Å². The highest BCUT2D eigenvalue weighted by molar-refractivity contribution is 6.18. The van der Waals surface area contributed by atoms with E-state index in [0.717, 1.165) is 5.69 Å². The van der Waals surface area contributed by atoms with Crippen LogP contribution in [0.1, 0.15) is 23.2 Å². The number of likely N-dealkylation sites (N-methyl/N-ethyl adjacent to an activating group) is 1. The zero-order chi connectivity index (χ0) is 23.2. The van der Waals surface area contributed by atoms with E-state index in [0.29, 0.717) is 16.9 Å². The molecular formula is C25H21FN4O3. The van der Waals surface area contributed by atoms with Gasteiger partial charge in [-0.15, -0.1) is 0 Å². The highest BCUT2D eigenvalue weighted by atomic mass is 19.1. The summed E-state index contributed by atoms with van der Waals surface area (Å²) in [6.07, 6.45) is 0.231. The van der Waals surface area contributed by atoms with E-state index in [9.17, 15) is 18.8 Å². The van der Waals surface area contributed by atoms with E-state index in [1.807, 2.05) is 30.3 Å².